The first kappa shape index (κ1) is 36.0. The minimum absolute atomic E-state index is 0.136. The summed E-state index contributed by atoms with van der Waals surface area (Å²) in [5.74, 6) is -1.44. The molecule has 1 fully saturated rings. The van der Waals surface area contributed by atoms with Gasteiger partial charge in [0.05, 0.1) is 29.9 Å². The summed E-state index contributed by atoms with van der Waals surface area (Å²) in [5, 5.41) is 13.5. The van der Waals surface area contributed by atoms with E-state index in [0.29, 0.717) is 11.2 Å². The van der Waals surface area contributed by atoms with Crippen molar-refractivity contribution in [2.24, 2.45) is 10.8 Å². The van der Waals surface area contributed by atoms with Crippen LogP contribution in [-0.2, 0) is 42.1 Å². The Morgan fingerprint density at radius 2 is 1.62 bits per heavy atom. The standard InChI is InChI=1S/C29H39N6O11P/c1-28(2,3)26(38)42-15-44-47(40,45-16-43-27(39)29(4,5)6)17-41-12-19-11-20(36)25(46-19)35-14-33-21-22(31-13-32-23(21)35)34-24(37)18-7-9-30-10-8-18/h7-10,13-14,19-20,25,36H,11-12,15-17H2,1-6H3,(H,31,32,34,37)/t19-,20-,25+/m0/s1. The number of hydrogen-bond donors (Lipinski definition) is 2. The first-order valence-corrected chi connectivity index (χ1v) is 16.3. The van der Waals surface area contributed by atoms with Crippen molar-refractivity contribution in [2.45, 2.75) is 66.4 Å². The molecule has 4 heterocycles. The third-order valence-electron chi connectivity index (χ3n) is 6.63. The second kappa shape index (κ2) is 14.9. The maximum atomic E-state index is 13.4. The van der Waals surface area contributed by atoms with Crippen LogP contribution >= 0.6 is 7.60 Å². The average molecular weight is 679 g/mol. The number of aliphatic hydroxyl groups excluding tert-OH is 1. The Labute approximate surface area is 270 Å². The maximum absolute atomic E-state index is 13.4. The van der Waals surface area contributed by atoms with Crippen LogP contribution in [0.4, 0.5) is 5.82 Å². The number of ether oxygens (including phenoxy) is 4. The van der Waals surface area contributed by atoms with E-state index in [4.69, 9.17) is 28.0 Å². The lowest BCUT2D eigenvalue weighted by Crippen LogP contribution is -2.25. The van der Waals surface area contributed by atoms with E-state index in [0.717, 1.165) is 0 Å². The van der Waals surface area contributed by atoms with Crippen LogP contribution in [0.5, 0.6) is 0 Å². The molecule has 256 valence electrons. The first-order chi connectivity index (χ1) is 22.1. The number of pyridine rings is 1. The molecule has 1 aliphatic heterocycles. The van der Waals surface area contributed by atoms with Crippen molar-refractivity contribution < 1.29 is 52.1 Å². The number of nitrogens with one attached hydrogen (secondary N) is 1. The van der Waals surface area contributed by atoms with Gasteiger partial charge in [-0.3, -0.25) is 37.5 Å². The lowest BCUT2D eigenvalue weighted by Gasteiger charge is -2.22. The number of carbonyl (C=O) groups excluding carboxylic acids is 3. The molecule has 0 bridgehead atoms. The monoisotopic (exact) mass is 678 g/mol. The summed E-state index contributed by atoms with van der Waals surface area (Å²) in [7, 11) is -4.11. The predicted molar refractivity (Wildman–Crippen MR) is 163 cm³/mol. The van der Waals surface area contributed by atoms with Crippen molar-refractivity contribution in [3.8, 4) is 0 Å². The maximum Gasteiger partial charge on any atom is 0.361 e. The van der Waals surface area contributed by atoms with Crippen LogP contribution in [0.25, 0.3) is 11.2 Å². The highest BCUT2D eigenvalue weighted by molar-refractivity contribution is 7.53. The Bertz CT molecular complexity index is 1570. The number of aromatic nitrogens is 5. The average Bonchev–Trinajstić information content (AvgIpc) is 3.59. The molecule has 1 amide bonds. The fourth-order valence-corrected chi connectivity index (χ4v) is 5.04. The lowest BCUT2D eigenvalue weighted by molar-refractivity contribution is -0.162. The molecule has 47 heavy (non-hydrogen) atoms. The van der Waals surface area contributed by atoms with E-state index in [1.165, 1.54) is 29.6 Å². The van der Waals surface area contributed by atoms with E-state index in [9.17, 15) is 24.1 Å². The first-order valence-electron chi connectivity index (χ1n) is 14.6. The summed E-state index contributed by atoms with van der Waals surface area (Å²) >= 11 is 0. The third kappa shape index (κ3) is 9.59. The van der Waals surface area contributed by atoms with Gasteiger partial charge in [-0.25, -0.2) is 15.0 Å². The van der Waals surface area contributed by atoms with Crippen molar-refractivity contribution in [3.05, 3.63) is 42.7 Å². The number of carbonyl (C=O) groups is 3. The topological polar surface area (TPSA) is 212 Å². The van der Waals surface area contributed by atoms with Crippen LogP contribution in [-0.4, -0.2) is 86.2 Å². The van der Waals surface area contributed by atoms with Crippen LogP contribution < -0.4 is 5.32 Å². The molecule has 0 aliphatic carbocycles. The van der Waals surface area contributed by atoms with Crippen molar-refractivity contribution in [2.75, 3.05) is 31.9 Å². The molecule has 0 radical (unpaired) electrons. The van der Waals surface area contributed by atoms with Crippen LogP contribution in [0.3, 0.4) is 0 Å². The molecule has 3 aromatic rings. The number of aliphatic hydroxyl groups is 1. The fourth-order valence-electron chi connectivity index (χ4n) is 4.06. The quantitative estimate of drug-likeness (QED) is 0.151. The van der Waals surface area contributed by atoms with Gasteiger partial charge in [0.25, 0.3) is 5.91 Å². The van der Waals surface area contributed by atoms with Crippen LogP contribution in [0.15, 0.2) is 37.2 Å². The predicted octanol–water partition coefficient (Wildman–Crippen LogP) is 3.42. The smallest absolute Gasteiger partial charge is 0.361 e. The summed E-state index contributed by atoms with van der Waals surface area (Å²) in [6.07, 6.45) is 2.60. The molecule has 0 aromatic carbocycles. The number of nitrogens with zero attached hydrogens (tertiary/aromatic N) is 5. The van der Waals surface area contributed by atoms with Gasteiger partial charge < -0.3 is 29.4 Å². The van der Waals surface area contributed by atoms with Crippen molar-refractivity contribution in [3.63, 3.8) is 0 Å². The molecule has 17 nitrogen and oxygen atoms in total. The molecule has 4 rings (SSSR count). The van der Waals surface area contributed by atoms with Gasteiger partial charge in [0.1, 0.15) is 18.8 Å². The van der Waals surface area contributed by atoms with Gasteiger partial charge in [-0.05, 0) is 53.7 Å². The van der Waals surface area contributed by atoms with Gasteiger partial charge in [-0.2, -0.15) is 0 Å². The van der Waals surface area contributed by atoms with Crippen LogP contribution in [0.2, 0.25) is 0 Å². The third-order valence-corrected chi connectivity index (χ3v) is 8.13. The molecule has 1 aliphatic rings. The summed E-state index contributed by atoms with van der Waals surface area (Å²) < 4.78 is 47.2. The molecule has 0 unspecified atom stereocenters. The zero-order chi connectivity index (χ0) is 34.4. The van der Waals surface area contributed by atoms with Crippen LogP contribution in [0.1, 0.15) is 64.5 Å². The van der Waals surface area contributed by atoms with Crippen molar-refractivity contribution in [1.82, 2.24) is 24.5 Å². The van der Waals surface area contributed by atoms with E-state index in [1.807, 2.05) is 0 Å². The highest BCUT2D eigenvalue weighted by Gasteiger charge is 2.38. The summed E-state index contributed by atoms with van der Waals surface area (Å²) in [5.41, 5.74) is -0.698. The van der Waals surface area contributed by atoms with E-state index in [-0.39, 0.29) is 24.4 Å². The second-order valence-electron chi connectivity index (χ2n) is 12.7. The normalized spacial score (nSPS) is 18.7. The SMILES string of the molecule is CC(C)(C)C(=O)OCOP(=O)(COC[C@@H]1C[C@H](O)[C@H](n2cnc3c(NC(=O)c4ccncc4)ncnc32)O1)OCOC(=O)C(C)(C)C. The zero-order valence-corrected chi connectivity index (χ0v) is 27.8. The number of imidazole rings is 1. The van der Waals surface area contributed by atoms with Gasteiger partial charge >= 0.3 is 19.5 Å². The summed E-state index contributed by atoms with van der Waals surface area (Å²) in [4.78, 5) is 53.5. The van der Waals surface area contributed by atoms with E-state index >= 15 is 0 Å². The van der Waals surface area contributed by atoms with E-state index < -0.39 is 74.6 Å². The number of anilines is 1. The number of esters is 2. The van der Waals surface area contributed by atoms with Crippen LogP contribution in [0, 0.1) is 10.8 Å². The van der Waals surface area contributed by atoms with Gasteiger partial charge in [0, 0.05) is 24.4 Å². The van der Waals surface area contributed by atoms with Crippen molar-refractivity contribution in [1.29, 1.82) is 0 Å². The Kier molecular flexibility index (Phi) is 11.4. The highest BCUT2D eigenvalue weighted by Crippen LogP contribution is 2.48. The molecule has 0 spiro atoms. The lowest BCUT2D eigenvalue weighted by atomic mass is 9.98. The number of amides is 1. The highest BCUT2D eigenvalue weighted by atomic mass is 31.2. The molecule has 18 heteroatoms. The van der Waals surface area contributed by atoms with Gasteiger partial charge in [0.15, 0.2) is 23.2 Å². The van der Waals surface area contributed by atoms with Gasteiger partial charge in [0.2, 0.25) is 13.6 Å². The molecule has 2 N–H and O–H groups in total. The van der Waals surface area contributed by atoms with E-state index in [1.54, 1.807) is 53.7 Å². The van der Waals surface area contributed by atoms with Crippen molar-refractivity contribution >= 4 is 42.4 Å². The molecular formula is C29H39N6O11P. The minimum Gasteiger partial charge on any atom is -0.438 e. The second-order valence-corrected chi connectivity index (χ2v) is 14.7. The number of fused-ring (bicyclic) bond motifs is 1. The Morgan fingerprint density at radius 3 is 2.21 bits per heavy atom. The molecule has 0 saturated carbocycles. The number of hydrogen-bond acceptors (Lipinski definition) is 15. The minimum atomic E-state index is -4.11. The molecule has 1 saturated heterocycles. The number of rotatable bonds is 13. The largest absolute Gasteiger partial charge is 0.438 e. The fraction of sp³-hybridized carbons (Fsp3) is 0.552. The Morgan fingerprint density at radius 1 is 1.00 bits per heavy atom. The molecule has 3 atom stereocenters. The zero-order valence-electron chi connectivity index (χ0n) is 26.9. The Balaban J connectivity index is 1.37. The molecular weight excluding hydrogens is 639 g/mol. The molecule has 3 aromatic heterocycles. The van der Waals surface area contributed by atoms with E-state index in [2.05, 4.69) is 25.3 Å². The summed E-state index contributed by atoms with van der Waals surface area (Å²) in [6.45, 7) is 8.34. The van der Waals surface area contributed by atoms with Gasteiger partial charge in [-0.15, -0.1) is 0 Å². The summed E-state index contributed by atoms with van der Waals surface area (Å²) in [6, 6.07) is 3.11. The van der Waals surface area contributed by atoms with Gasteiger partial charge in [-0.1, -0.05) is 0 Å². The Hall–Kier alpha value is -3.86.